The molecule has 0 aliphatic carbocycles. The first-order valence-corrected chi connectivity index (χ1v) is 13.6. The molecule has 0 unspecified atom stereocenters. The second-order valence-electron chi connectivity index (χ2n) is 7.19. The fraction of sp³-hybridized carbons (Fsp3) is 0.174. The van der Waals surface area contributed by atoms with E-state index in [0.717, 1.165) is 15.6 Å². The Morgan fingerprint density at radius 3 is 2.52 bits per heavy atom. The molecule has 1 atom stereocenters. The molecule has 2 heterocycles. The summed E-state index contributed by atoms with van der Waals surface area (Å²) in [6.45, 7) is 3.74. The Morgan fingerprint density at radius 1 is 1.27 bits per heavy atom. The number of fused-ring (bicyclic) bond motifs is 1. The highest BCUT2D eigenvalue weighted by Gasteiger charge is 2.33. The summed E-state index contributed by atoms with van der Waals surface area (Å²) in [4.78, 5) is 31.6. The number of thiazole rings is 1. The molecule has 6 nitrogen and oxygen atoms in total. The molecule has 0 radical (unpaired) electrons. The average molecular weight is 751 g/mol. The van der Waals surface area contributed by atoms with Gasteiger partial charge < -0.3 is 9.84 Å². The molecule has 0 amide bonds. The van der Waals surface area contributed by atoms with Crippen molar-refractivity contribution in [2.45, 2.75) is 19.9 Å². The van der Waals surface area contributed by atoms with Gasteiger partial charge in [0.2, 0.25) is 0 Å². The van der Waals surface area contributed by atoms with Gasteiger partial charge in [0.25, 0.3) is 5.56 Å². The number of esters is 1. The van der Waals surface area contributed by atoms with Crippen LogP contribution < -0.4 is 14.9 Å². The topological polar surface area (TPSA) is 80.9 Å². The summed E-state index contributed by atoms with van der Waals surface area (Å²) in [6, 6.07) is 10.5. The number of phenols is 1. The normalized spacial score (nSPS) is 15.9. The third-order valence-corrected chi connectivity index (χ3v) is 8.20. The van der Waals surface area contributed by atoms with Crippen LogP contribution in [0.15, 0.2) is 61.9 Å². The number of hydrogen-bond donors (Lipinski definition) is 1. The van der Waals surface area contributed by atoms with Gasteiger partial charge in [-0.15, -0.1) is 0 Å². The number of allylic oxidation sites excluding steroid dienone is 1. The SMILES string of the molecule is CCOC(=O)C1=C(C)N=c2sc(=Cc3cc(I)c(O)c(I)c3)c(=O)n2[C@H]1c1ccc(Br)cc1. The number of aromatic hydroxyl groups is 1. The molecule has 1 aliphatic rings. The highest BCUT2D eigenvalue weighted by atomic mass is 127. The molecule has 3 aromatic rings. The molecule has 1 N–H and O–H groups in total. The van der Waals surface area contributed by atoms with Crippen LogP contribution >= 0.6 is 72.4 Å². The number of phenolic OH excluding ortho intramolecular Hbond substituents is 1. The molecule has 1 aromatic heterocycles. The lowest BCUT2D eigenvalue weighted by atomic mass is 9.96. The summed E-state index contributed by atoms with van der Waals surface area (Å²) in [5.74, 6) is -0.261. The van der Waals surface area contributed by atoms with Crippen molar-refractivity contribution in [2.75, 3.05) is 6.61 Å². The van der Waals surface area contributed by atoms with Crippen molar-refractivity contribution in [1.29, 1.82) is 0 Å². The van der Waals surface area contributed by atoms with Gasteiger partial charge in [-0.3, -0.25) is 9.36 Å². The van der Waals surface area contributed by atoms with E-state index < -0.39 is 12.0 Å². The van der Waals surface area contributed by atoms with Gasteiger partial charge in [-0.2, -0.15) is 0 Å². The number of hydrogen-bond acceptors (Lipinski definition) is 6. The summed E-state index contributed by atoms with van der Waals surface area (Å²) in [5.41, 5.74) is 2.24. The summed E-state index contributed by atoms with van der Waals surface area (Å²) in [7, 11) is 0. The third kappa shape index (κ3) is 4.84. The standard InChI is InChI=1S/C23H17BrI2N2O4S/c1-3-32-22(31)18-11(2)27-23-28(19(18)13-4-6-14(24)7-5-13)21(30)17(33-23)10-12-8-15(25)20(29)16(26)9-12/h4-10,19,29H,3H2,1-2H3/t19-/m0/s1. The summed E-state index contributed by atoms with van der Waals surface area (Å²) < 4.78 is 9.67. The van der Waals surface area contributed by atoms with Crippen molar-refractivity contribution < 1.29 is 14.6 Å². The number of aromatic nitrogens is 1. The van der Waals surface area contributed by atoms with Crippen molar-refractivity contribution in [2.24, 2.45) is 4.99 Å². The Hall–Kier alpha value is -1.51. The van der Waals surface area contributed by atoms with Gasteiger partial charge in [-0.1, -0.05) is 39.4 Å². The predicted octanol–water partition coefficient (Wildman–Crippen LogP) is 4.48. The highest BCUT2D eigenvalue weighted by Crippen LogP contribution is 2.31. The summed E-state index contributed by atoms with van der Waals surface area (Å²) in [6.07, 6.45) is 1.79. The molecule has 33 heavy (non-hydrogen) atoms. The van der Waals surface area contributed by atoms with Crippen molar-refractivity contribution >= 4 is 84.5 Å². The van der Waals surface area contributed by atoms with Crippen LogP contribution in [0.3, 0.4) is 0 Å². The predicted molar refractivity (Wildman–Crippen MR) is 148 cm³/mol. The lowest BCUT2D eigenvalue weighted by molar-refractivity contribution is -0.139. The van der Waals surface area contributed by atoms with Crippen molar-refractivity contribution in [3.63, 3.8) is 0 Å². The number of rotatable bonds is 4. The third-order valence-electron chi connectivity index (χ3n) is 5.04. The van der Waals surface area contributed by atoms with E-state index in [2.05, 4.69) is 66.1 Å². The van der Waals surface area contributed by atoms with Crippen molar-refractivity contribution in [3.05, 3.63) is 90.1 Å². The van der Waals surface area contributed by atoms with E-state index in [9.17, 15) is 14.7 Å². The number of ether oxygens (including phenoxy) is 1. The van der Waals surface area contributed by atoms with Crippen LogP contribution in [-0.2, 0) is 9.53 Å². The number of nitrogens with zero attached hydrogens (tertiary/aromatic N) is 2. The first-order chi connectivity index (χ1) is 15.7. The fourth-order valence-corrected chi connectivity index (χ4v) is 6.70. The molecule has 0 fully saturated rings. The minimum absolute atomic E-state index is 0.222. The summed E-state index contributed by atoms with van der Waals surface area (Å²) in [5, 5.41) is 10.1. The van der Waals surface area contributed by atoms with Crippen LogP contribution in [0.4, 0.5) is 0 Å². The van der Waals surface area contributed by atoms with Gasteiger partial charge in [0.15, 0.2) is 4.80 Å². The zero-order valence-electron chi connectivity index (χ0n) is 17.4. The second kappa shape index (κ2) is 10.0. The lowest BCUT2D eigenvalue weighted by Gasteiger charge is -2.24. The van der Waals surface area contributed by atoms with Crippen LogP contribution in [0.5, 0.6) is 5.75 Å². The van der Waals surface area contributed by atoms with Gasteiger partial charge >= 0.3 is 5.97 Å². The van der Waals surface area contributed by atoms with Crippen LogP contribution in [-0.4, -0.2) is 22.2 Å². The van der Waals surface area contributed by atoms with Gasteiger partial charge in [0, 0.05) is 4.47 Å². The van der Waals surface area contributed by atoms with Crippen LogP contribution in [0.2, 0.25) is 0 Å². The van der Waals surface area contributed by atoms with Crippen LogP contribution in [0, 0.1) is 7.14 Å². The Labute approximate surface area is 229 Å². The van der Waals surface area contributed by atoms with Gasteiger partial charge in [-0.25, -0.2) is 9.79 Å². The summed E-state index contributed by atoms with van der Waals surface area (Å²) >= 11 is 8.84. The maximum atomic E-state index is 13.6. The van der Waals surface area contributed by atoms with Gasteiger partial charge in [-0.05, 0) is 100 Å². The minimum Gasteiger partial charge on any atom is -0.506 e. The largest absolute Gasteiger partial charge is 0.506 e. The molecule has 1 aliphatic heterocycles. The molecule has 170 valence electrons. The molecule has 0 bridgehead atoms. The monoisotopic (exact) mass is 750 g/mol. The Balaban J connectivity index is 1.96. The number of carbonyl (C=O) groups is 1. The molecule has 0 saturated heterocycles. The fourth-order valence-electron chi connectivity index (χ4n) is 3.57. The first kappa shape index (κ1) is 24.6. The maximum Gasteiger partial charge on any atom is 0.338 e. The zero-order valence-corrected chi connectivity index (χ0v) is 24.2. The Kier molecular flexibility index (Phi) is 7.46. The van der Waals surface area contributed by atoms with E-state index >= 15 is 0 Å². The zero-order chi connectivity index (χ0) is 23.9. The highest BCUT2D eigenvalue weighted by molar-refractivity contribution is 14.1. The molecule has 4 rings (SSSR count). The Bertz CT molecular complexity index is 1450. The molecule has 10 heteroatoms. The Morgan fingerprint density at radius 2 is 1.91 bits per heavy atom. The molecule has 0 saturated carbocycles. The van der Waals surface area contributed by atoms with E-state index in [1.54, 1.807) is 24.5 Å². The van der Waals surface area contributed by atoms with E-state index in [1.165, 1.54) is 11.3 Å². The lowest BCUT2D eigenvalue weighted by Crippen LogP contribution is -2.39. The van der Waals surface area contributed by atoms with E-state index in [1.807, 2.05) is 36.4 Å². The van der Waals surface area contributed by atoms with Crippen LogP contribution in [0.25, 0.3) is 6.08 Å². The smallest absolute Gasteiger partial charge is 0.338 e. The number of halogens is 3. The molecule has 0 spiro atoms. The number of carbonyl (C=O) groups excluding carboxylic acids is 1. The van der Waals surface area contributed by atoms with Gasteiger partial charge in [0.05, 0.1) is 35.6 Å². The average Bonchev–Trinajstić information content (AvgIpc) is 3.06. The van der Waals surface area contributed by atoms with E-state index in [4.69, 9.17) is 4.74 Å². The van der Waals surface area contributed by atoms with E-state index in [-0.39, 0.29) is 17.9 Å². The molecule has 2 aromatic carbocycles. The first-order valence-electron chi connectivity index (χ1n) is 9.84. The van der Waals surface area contributed by atoms with Crippen molar-refractivity contribution in [3.8, 4) is 5.75 Å². The number of benzene rings is 2. The van der Waals surface area contributed by atoms with Crippen LogP contribution in [0.1, 0.15) is 31.0 Å². The van der Waals surface area contributed by atoms with Crippen molar-refractivity contribution in [1.82, 2.24) is 4.57 Å². The van der Waals surface area contributed by atoms with Gasteiger partial charge in [0.1, 0.15) is 5.75 Å². The quantitative estimate of drug-likeness (QED) is 0.316. The second-order valence-corrected chi connectivity index (χ2v) is 11.4. The minimum atomic E-state index is -0.643. The molecular weight excluding hydrogens is 734 g/mol. The molecular formula is C23H17BrI2N2O4S. The van der Waals surface area contributed by atoms with E-state index in [0.29, 0.717) is 27.7 Å². The maximum absolute atomic E-state index is 13.6.